The van der Waals surface area contributed by atoms with Crippen molar-refractivity contribution in [3.8, 4) is 0 Å². The van der Waals surface area contributed by atoms with Gasteiger partial charge in [0.25, 0.3) is 0 Å². The van der Waals surface area contributed by atoms with Gasteiger partial charge in [-0.05, 0) is 0 Å². The summed E-state index contributed by atoms with van der Waals surface area (Å²) in [4.78, 5) is 19.2. The van der Waals surface area contributed by atoms with E-state index < -0.39 is 0 Å². The Balaban J connectivity index is -0.0000000535. The molecule has 4 nitrogen and oxygen atoms in total. The predicted octanol–water partition coefficient (Wildman–Crippen LogP) is 2.41. The summed E-state index contributed by atoms with van der Waals surface area (Å²) in [7, 11) is 2.70. The van der Waals surface area contributed by atoms with Gasteiger partial charge in [0.2, 0.25) is 0 Å². The standard InChI is InChI=1S/2C3H6O2.C3H8.CH4/c2*1-3(4)5-2;1-3-2;/h2*1-2H3;3H2,1-2H3;1H4. The van der Waals surface area contributed by atoms with Crippen LogP contribution in [0.1, 0.15) is 41.5 Å². The highest BCUT2D eigenvalue weighted by Gasteiger charge is 1.76. The Morgan fingerprint density at radius 3 is 1.00 bits per heavy atom. The number of methoxy groups -OCH3 is 2. The predicted molar refractivity (Wildman–Crippen MR) is 58.1 cm³/mol. The van der Waals surface area contributed by atoms with E-state index in [1.54, 1.807) is 0 Å². The summed E-state index contributed by atoms with van der Waals surface area (Å²) in [6.07, 6.45) is 1.25. The fourth-order valence-electron chi connectivity index (χ4n) is 0. The van der Waals surface area contributed by atoms with Crippen LogP contribution in [-0.4, -0.2) is 26.2 Å². The largest absolute Gasteiger partial charge is 0.469 e. The second-order valence-corrected chi connectivity index (χ2v) is 2.10. The van der Waals surface area contributed by atoms with E-state index in [1.165, 1.54) is 34.5 Å². The third-order valence-corrected chi connectivity index (χ3v) is 0.575. The lowest BCUT2D eigenvalue weighted by atomic mass is 10.6. The summed E-state index contributed by atoms with van der Waals surface area (Å²) in [5, 5.41) is 0. The first kappa shape index (κ1) is 23.1. The Labute approximate surface area is 87.6 Å². The van der Waals surface area contributed by atoms with Crippen LogP contribution in [-0.2, 0) is 19.1 Å². The van der Waals surface area contributed by atoms with Crippen molar-refractivity contribution >= 4 is 11.9 Å². The van der Waals surface area contributed by atoms with Crippen LogP contribution in [0.25, 0.3) is 0 Å². The van der Waals surface area contributed by atoms with E-state index >= 15 is 0 Å². The quantitative estimate of drug-likeness (QED) is 0.574. The first-order chi connectivity index (χ1) is 5.95. The second-order valence-electron chi connectivity index (χ2n) is 2.10. The van der Waals surface area contributed by atoms with Gasteiger partial charge in [0.05, 0.1) is 14.2 Å². The molecule has 0 spiro atoms. The Bertz CT molecular complexity index is 107. The number of carbonyl (C=O) groups is 2. The molecule has 0 saturated heterocycles. The number of hydrogen-bond acceptors (Lipinski definition) is 4. The van der Waals surface area contributed by atoms with Crippen molar-refractivity contribution in [2.24, 2.45) is 0 Å². The maximum Gasteiger partial charge on any atom is 0.302 e. The highest BCUT2D eigenvalue weighted by molar-refractivity contribution is 5.65. The van der Waals surface area contributed by atoms with Gasteiger partial charge in [0.1, 0.15) is 0 Å². The molecule has 0 rings (SSSR count). The lowest BCUT2D eigenvalue weighted by molar-refractivity contribution is -0.138. The minimum atomic E-state index is -0.245. The fourth-order valence-corrected chi connectivity index (χ4v) is 0. The van der Waals surface area contributed by atoms with E-state index in [0.29, 0.717) is 0 Å². The summed E-state index contributed by atoms with van der Waals surface area (Å²) >= 11 is 0. The van der Waals surface area contributed by atoms with E-state index in [-0.39, 0.29) is 19.4 Å². The van der Waals surface area contributed by atoms with E-state index in [2.05, 4.69) is 23.3 Å². The van der Waals surface area contributed by atoms with E-state index in [9.17, 15) is 9.59 Å². The molecule has 0 unspecified atom stereocenters. The lowest BCUT2D eigenvalue weighted by Crippen LogP contribution is -1.88. The van der Waals surface area contributed by atoms with Gasteiger partial charge in [-0.1, -0.05) is 27.7 Å². The summed E-state index contributed by atoms with van der Waals surface area (Å²) in [5.74, 6) is -0.491. The van der Waals surface area contributed by atoms with Crippen molar-refractivity contribution in [1.29, 1.82) is 0 Å². The number of carbonyl (C=O) groups excluding carboxylic acids is 2. The first-order valence-corrected chi connectivity index (χ1v) is 4.05. The zero-order chi connectivity index (χ0) is 11.3. The summed E-state index contributed by atoms with van der Waals surface area (Å²) < 4.78 is 8.22. The van der Waals surface area contributed by atoms with Gasteiger partial charge >= 0.3 is 11.9 Å². The topological polar surface area (TPSA) is 52.6 Å². The Kier molecular flexibility index (Phi) is 37.4. The van der Waals surface area contributed by atoms with Crippen molar-refractivity contribution in [2.75, 3.05) is 14.2 Å². The molecule has 0 aliphatic carbocycles. The molecular weight excluding hydrogens is 184 g/mol. The molecule has 0 radical (unpaired) electrons. The normalized spacial score (nSPS) is 6.14. The zero-order valence-corrected chi connectivity index (χ0v) is 9.34. The van der Waals surface area contributed by atoms with Gasteiger partial charge in [-0.15, -0.1) is 0 Å². The van der Waals surface area contributed by atoms with Crippen LogP contribution in [0.4, 0.5) is 0 Å². The molecule has 88 valence electrons. The van der Waals surface area contributed by atoms with E-state index in [4.69, 9.17) is 0 Å². The van der Waals surface area contributed by atoms with Crippen LogP contribution < -0.4 is 0 Å². The van der Waals surface area contributed by atoms with Gasteiger partial charge in [0, 0.05) is 13.8 Å². The van der Waals surface area contributed by atoms with Crippen LogP contribution in [0.15, 0.2) is 0 Å². The molecule has 0 aliphatic heterocycles. The smallest absolute Gasteiger partial charge is 0.302 e. The molecule has 0 fully saturated rings. The molecule has 4 heteroatoms. The van der Waals surface area contributed by atoms with Crippen LogP contribution in [0.2, 0.25) is 0 Å². The zero-order valence-electron chi connectivity index (χ0n) is 9.34. The van der Waals surface area contributed by atoms with Crippen LogP contribution >= 0.6 is 0 Å². The van der Waals surface area contributed by atoms with Crippen molar-refractivity contribution in [3.05, 3.63) is 0 Å². The lowest BCUT2D eigenvalue weighted by Gasteiger charge is -1.80. The molecule has 0 aromatic heterocycles. The monoisotopic (exact) mass is 208 g/mol. The van der Waals surface area contributed by atoms with E-state index in [0.717, 1.165) is 0 Å². The van der Waals surface area contributed by atoms with Gasteiger partial charge in [-0.2, -0.15) is 0 Å². The molecule has 0 N–H and O–H groups in total. The second kappa shape index (κ2) is 22.7. The highest BCUT2D eigenvalue weighted by Crippen LogP contribution is 1.60. The Morgan fingerprint density at radius 2 is 1.00 bits per heavy atom. The van der Waals surface area contributed by atoms with Crippen LogP contribution in [0.5, 0.6) is 0 Å². The third kappa shape index (κ3) is 125. The minimum absolute atomic E-state index is 0. The van der Waals surface area contributed by atoms with E-state index in [1.807, 2.05) is 0 Å². The molecule has 0 saturated carbocycles. The number of esters is 2. The number of hydrogen-bond donors (Lipinski definition) is 0. The Hall–Kier alpha value is -1.06. The summed E-state index contributed by atoms with van der Waals surface area (Å²) in [6, 6.07) is 0. The molecule has 0 bridgehead atoms. The molecule has 0 aliphatic rings. The highest BCUT2D eigenvalue weighted by atomic mass is 16.5. The molecule has 0 heterocycles. The van der Waals surface area contributed by atoms with Crippen molar-refractivity contribution in [1.82, 2.24) is 0 Å². The molecule has 0 amide bonds. The summed E-state index contributed by atoms with van der Waals surface area (Å²) in [6.45, 7) is 6.97. The van der Waals surface area contributed by atoms with Crippen molar-refractivity contribution < 1.29 is 19.1 Å². The SMILES string of the molecule is C.CCC.COC(C)=O.COC(C)=O. The minimum Gasteiger partial charge on any atom is -0.469 e. The maximum atomic E-state index is 9.59. The van der Waals surface area contributed by atoms with Crippen LogP contribution in [0.3, 0.4) is 0 Å². The first-order valence-electron chi connectivity index (χ1n) is 4.05. The number of ether oxygens (including phenoxy) is 2. The molecule has 0 aromatic rings. The third-order valence-electron chi connectivity index (χ3n) is 0.575. The van der Waals surface area contributed by atoms with Crippen molar-refractivity contribution in [2.45, 2.75) is 41.5 Å². The summed E-state index contributed by atoms with van der Waals surface area (Å²) in [5.41, 5.74) is 0. The number of rotatable bonds is 0. The molecule has 14 heavy (non-hydrogen) atoms. The molecule has 0 aromatic carbocycles. The molecule has 0 atom stereocenters. The average molecular weight is 208 g/mol. The molecular formula is C10H24O4. The Morgan fingerprint density at radius 1 is 0.929 bits per heavy atom. The average Bonchev–Trinajstić information content (AvgIpc) is 2.07. The maximum absolute atomic E-state index is 9.59. The van der Waals surface area contributed by atoms with Gasteiger partial charge < -0.3 is 9.47 Å². The van der Waals surface area contributed by atoms with Gasteiger partial charge in [-0.25, -0.2) is 0 Å². The fraction of sp³-hybridized carbons (Fsp3) is 0.800. The van der Waals surface area contributed by atoms with Crippen LogP contribution in [0, 0.1) is 0 Å². The van der Waals surface area contributed by atoms with Crippen molar-refractivity contribution in [3.63, 3.8) is 0 Å². The van der Waals surface area contributed by atoms with Gasteiger partial charge in [-0.3, -0.25) is 9.59 Å². The van der Waals surface area contributed by atoms with Gasteiger partial charge in [0.15, 0.2) is 0 Å².